The third kappa shape index (κ3) is 3.24. The van der Waals surface area contributed by atoms with Gasteiger partial charge in [0.05, 0.1) is 13.2 Å². The molecule has 20 heavy (non-hydrogen) atoms. The smallest absolute Gasteiger partial charge is 0.195 e. The van der Waals surface area contributed by atoms with Crippen LogP contribution in [0.1, 0.15) is 24.3 Å². The minimum atomic E-state index is 0.436. The van der Waals surface area contributed by atoms with Crippen molar-refractivity contribution < 1.29 is 4.74 Å². The van der Waals surface area contributed by atoms with Gasteiger partial charge in [0.1, 0.15) is 5.75 Å². The van der Waals surface area contributed by atoms with Crippen LogP contribution < -0.4 is 4.74 Å². The highest BCUT2D eigenvalue weighted by Gasteiger charge is 2.31. The summed E-state index contributed by atoms with van der Waals surface area (Å²) in [5, 5.41) is 0. The lowest BCUT2D eigenvalue weighted by Gasteiger charge is -2.35. The molecule has 110 valence electrons. The summed E-state index contributed by atoms with van der Waals surface area (Å²) in [5.74, 6) is 2.60. The maximum absolute atomic E-state index is 5.29. The van der Waals surface area contributed by atoms with Crippen LogP contribution in [0.5, 0.6) is 5.75 Å². The van der Waals surface area contributed by atoms with Crippen molar-refractivity contribution in [3.63, 3.8) is 0 Å². The fraction of sp³-hybridized carbons (Fsp3) is 0.562. The van der Waals surface area contributed by atoms with Gasteiger partial charge in [-0.2, -0.15) is 0 Å². The summed E-state index contributed by atoms with van der Waals surface area (Å²) in [4.78, 5) is 8.97. The molecular weight excluding hydrogens is 250 g/mol. The van der Waals surface area contributed by atoms with Gasteiger partial charge >= 0.3 is 0 Å². The second-order valence-electron chi connectivity index (χ2n) is 5.82. The predicted octanol–water partition coefficient (Wildman–Crippen LogP) is 2.42. The average molecular weight is 275 g/mol. The third-order valence-electron chi connectivity index (χ3n) is 3.78. The molecule has 1 aromatic carbocycles. The van der Waals surface area contributed by atoms with Crippen molar-refractivity contribution >= 4 is 5.96 Å². The first kappa shape index (κ1) is 14.7. The summed E-state index contributed by atoms with van der Waals surface area (Å²) >= 11 is 0. The predicted molar refractivity (Wildman–Crippen MR) is 83.6 cm³/mol. The molecule has 0 amide bonds. The minimum absolute atomic E-state index is 0.436. The Kier molecular flexibility index (Phi) is 4.53. The van der Waals surface area contributed by atoms with E-state index < -0.39 is 0 Å². The van der Waals surface area contributed by atoms with Gasteiger partial charge in [-0.3, -0.25) is 0 Å². The molecule has 4 nitrogen and oxygen atoms in total. The Morgan fingerprint density at radius 1 is 1.15 bits per heavy atom. The first-order chi connectivity index (χ1) is 9.51. The molecule has 0 aromatic heterocycles. The number of hydrogen-bond donors (Lipinski definition) is 0. The van der Waals surface area contributed by atoms with Gasteiger partial charge < -0.3 is 14.5 Å². The maximum Gasteiger partial charge on any atom is 0.195 e. The normalized spacial score (nSPS) is 20.9. The fourth-order valence-electron chi connectivity index (χ4n) is 2.66. The zero-order valence-electron chi connectivity index (χ0n) is 13.1. The lowest BCUT2D eigenvalue weighted by atomic mass is 9.76. The summed E-state index contributed by atoms with van der Waals surface area (Å²) in [6.45, 7) is 0. The molecular formula is C16H25N3O. The Morgan fingerprint density at radius 3 is 2.35 bits per heavy atom. The molecule has 0 heterocycles. The number of aliphatic imine (C=N–C) groups is 1. The molecule has 1 saturated carbocycles. The average Bonchev–Trinajstić information content (AvgIpc) is 2.36. The number of benzene rings is 1. The zero-order valence-corrected chi connectivity index (χ0v) is 13.1. The lowest BCUT2D eigenvalue weighted by molar-refractivity contribution is 0.340. The van der Waals surface area contributed by atoms with Crippen molar-refractivity contribution in [3.05, 3.63) is 29.8 Å². The number of ether oxygens (including phenoxy) is 1. The second kappa shape index (κ2) is 6.16. The molecule has 0 bridgehead atoms. The van der Waals surface area contributed by atoms with Gasteiger partial charge in [0.15, 0.2) is 5.96 Å². The Hall–Kier alpha value is -1.71. The number of methoxy groups -OCH3 is 1. The Labute approximate surface area is 122 Å². The summed E-state index contributed by atoms with van der Waals surface area (Å²) in [7, 11) is 9.87. The van der Waals surface area contributed by atoms with Crippen molar-refractivity contribution in [1.29, 1.82) is 0 Å². The highest BCUT2D eigenvalue weighted by Crippen LogP contribution is 2.39. The summed E-state index contributed by atoms with van der Waals surface area (Å²) in [5.41, 5.74) is 1.37. The number of hydrogen-bond acceptors (Lipinski definition) is 2. The van der Waals surface area contributed by atoms with E-state index in [1.165, 1.54) is 5.56 Å². The van der Waals surface area contributed by atoms with Gasteiger partial charge in [-0.25, -0.2) is 4.99 Å². The zero-order chi connectivity index (χ0) is 14.7. The molecule has 2 rings (SSSR count). The van der Waals surface area contributed by atoms with Gasteiger partial charge in [0.2, 0.25) is 0 Å². The minimum Gasteiger partial charge on any atom is -0.497 e. The van der Waals surface area contributed by atoms with Crippen molar-refractivity contribution in [3.8, 4) is 5.75 Å². The molecule has 1 fully saturated rings. The number of guanidine groups is 1. The molecule has 0 atom stereocenters. The summed E-state index contributed by atoms with van der Waals surface area (Å²) < 4.78 is 5.29. The van der Waals surface area contributed by atoms with Crippen LogP contribution in [-0.4, -0.2) is 57.1 Å². The van der Waals surface area contributed by atoms with Gasteiger partial charge in [-0.15, -0.1) is 0 Å². The SMILES string of the molecule is COc1cccc(C2CC(N=C(N(C)C)N(C)C)C2)c1. The van der Waals surface area contributed by atoms with Crippen LogP contribution in [0, 0.1) is 0 Å². The molecule has 1 aromatic rings. The lowest BCUT2D eigenvalue weighted by Crippen LogP contribution is -2.38. The van der Waals surface area contributed by atoms with E-state index in [2.05, 4.69) is 28.0 Å². The van der Waals surface area contributed by atoms with E-state index in [4.69, 9.17) is 9.73 Å². The van der Waals surface area contributed by atoms with Gasteiger partial charge in [0.25, 0.3) is 0 Å². The Morgan fingerprint density at radius 2 is 1.80 bits per heavy atom. The molecule has 0 radical (unpaired) electrons. The third-order valence-corrected chi connectivity index (χ3v) is 3.78. The molecule has 1 aliphatic rings. The van der Waals surface area contributed by atoms with E-state index in [0.29, 0.717) is 12.0 Å². The summed E-state index contributed by atoms with van der Waals surface area (Å²) in [6, 6.07) is 8.82. The standard InChI is InChI=1S/C16H25N3O/c1-18(2)16(19(3)4)17-14-9-13(10-14)12-7-6-8-15(11-12)20-5/h6-8,11,13-14H,9-10H2,1-5H3. The van der Waals surface area contributed by atoms with Gasteiger partial charge in [-0.05, 0) is 36.5 Å². The number of nitrogens with zero attached hydrogens (tertiary/aromatic N) is 3. The van der Waals surface area contributed by atoms with Crippen LogP contribution in [0.4, 0.5) is 0 Å². The largest absolute Gasteiger partial charge is 0.497 e. The highest BCUT2D eigenvalue weighted by molar-refractivity contribution is 5.79. The van der Waals surface area contributed by atoms with Gasteiger partial charge in [0, 0.05) is 28.2 Å². The summed E-state index contributed by atoms with van der Waals surface area (Å²) in [6.07, 6.45) is 2.25. The molecule has 0 saturated heterocycles. The maximum atomic E-state index is 5.29. The van der Waals surface area contributed by atoms with E-state index in [0.717, 1.165) is 24.6 Å². The topological polar surface area (TPSA) is 28.1 Å². The Bertz CT molecular complexity index is 466. The molecule has 1 aliphatic carbocycles. The van der Waals surface area contributed by atoms with Crippen LogP contribution >= 0.6 is 0 Å². The van der Waals surface area contributed by atoms with Crippen molar-refractivity contribution in [1.82, 2.24) is 9.80 Å². The van der Waals surface area contributed by atoms with Crippen LogP contribution in [0.3, 0.4) is 0 Å². The van der Waals surface area contributed by atoms with E-state index >= 15 is 0 Å². The Balaban J connectivity index is 1.98. The van der Waals surface area contributed by atoms with Gasteiger partial charge in [-0.1, -0.05) is 12.1 Å². The van der Waals surface area contributed by atoms with E-state index in [1.807, 2.05) is 34.3 Å². The molecule has 0 spiro atoms. The first-order valence-electron chi connectivity index (χ1n) is 7.07. The molecule has 4 heteroatoms. The van der Waals surface area contributed by atoms with Crippen LogP contribution in [0.15, 0.2) is 29.3 Å². The monoisotopic (exact) mass is 275 g/mol. The van der Waals surface area contributed by atoms with Crippen LogP contribution in [0.25, 0.3) is 0 Å². The fourth-order valence-corrected chi connectivity index (χ4v) is 2.66. The quantitative estimate of drug-likeness (QED) is 0.626. The molecule has 0 unspecified atom stereocenters. The number of rotatable bonds is 3. The highest BCUT2D eigenvalue weighted by atomic mass is 16.5. The van der Waals surface area contributed by atoms with Crippen LogP contribution in [0.2, 0.25) is 0 Å². The molecule has 0 aliphatic heterocycles. The van der Waals surface area contributed by atoms with E-state index in [-0.39, 0.29) is 0 Å². The van der Waals surface area contributed by atoms with Crippen molar-refractivity contribution in [2.24, 2.45) is 4.99 Å². The van der Waals surface area contributed by atoms with Crippen LogP contribution in [-0.2, 0) is 0 Å². The van der Waals surface area contributed by atoms with Crippen molar-refractivity contribution in [2.45, 2.75) is 24.8 Å². The van der Waals surface area contributed by atoms with E-state index in [1.54, 1.807) is 7.11 Å². The van der Waals surface area contributed by atoms with E-state index in [9.17, 15) is 0 Å². The van der Waals surface area contributed by atoms with Crippen molar-refractivity contribution in [2.75, 3.05) is 35.3 Å². The first-order valence-corrected chi connectivity index (χ1v) is 7.07. The molecule has 0 N–H and O–H groups in total. The second-order valence-corrected chi connectivity index (χ2v) is 5.82.